The van der Waals surface area contributed by atoms with Gasteiger partial charge in [-0.25, -0.2) is 14.4 Å². The molecule has 0 radical (unpaired) electrons. The zero-order chi connectivity index (χ0) is 26.2. The highest BCUT2D eigenvalue weighted by Crippen LogP contribution is 2.28. The second kappa shape index (κ2) is 9.64. The smallest absolute Gasteiger partial charge is 0.297 e. The molecule has 0 spiro atoms. The van der Waals surface area contributed by atoms with Gasteiger partial charge >= 0.3 is 0 Å². The van der Waals surface area contributed by atoms with E-state index < -0.39 is 0 Å². The van der Waals surface area contributed by atoms with Crippen LogP contribution < -0.4 is 10.4 Å². The number of hydrogen-bond donors (Lipinski definition) is 0. The quantitative estimate of drug-likeness (QED) is 0.255. The van der Waals surface area contributed by atoms with E-state index >= 15 is 0 Å². The molecule has 6 aromatic rings. The summed E-state index contributed by atoms with van der Waals surface area (Å²) in [6.07, 6.45) is 1.81. The van der Waals surface area contributed by atoms with Gasteiger partial charge in [-0.1, -0.05) is 60.7 Å². The molecule has 38 heavy (non-hydrogen) atoms. The topological polar surface area (TPSA) is 69.7 Å². The lowest BCUT2D eigenvalue weighted by Crippen LogP contribution is -2.19. The first-order chi connectivity index (χ1) is 18.5. The van der Waals surface area contributed by atoms with E-state index in [1.165, 1.54) is 11.3 Å². The molecular weight excluding hydrogens is 494 g/mol. The third-order valence-corrected chi connectivity index (χ3v) is 7.41. The van der Waals surface area contributed by atoms with Crippen LogP contribution >= 0.6 is 11.3 Å². The SMILES string of the molecule is Cc1ccccc1C=Nn1c(-c2cc3ccccc3o2)csc1=Nc1c(C)n(C)n(-c2ccccc2)c1=O. The van der Waals surface area contributed by atoms with E-state index in [0.717, 1.165) is 39.2 Å². The summed E-state index contributed by atoms with van der Waals surface area (Å²) in [6.45, 7) is 3.94. The number of furan rings is 1. The highest BCUT2D eigenvalue weighted by molar-refractivity contribution is 7.07. The fraction of sp³-hybridized carbons (Fsp3) is 0.100. The first-order valence-electron chi connectivity index (χ1n) is 12.2. The highest BCUT2D eigenvalue weighted by atomic mass is 32.1. The van der Waals surface area contributed by atoms with Crippen LogP contribution in [0.1, 0.15) is 16.8 Å². The summed E-state index contributed by atoms with van der Waals surface area (Å²) < 4.78 is 11.4. The summed E-state index contributed by atoms with van der Waals surface area (Å²) in [4.78, 5) is 19.0. The Morgan fingerprint density at radius 1 is 0.921 bits per heavy atom. The normalized spacial score (nSPS) is 12.2. The third-order valence-electron chi connectivity index (χ3n) is 6.60. The Balaban J connectivity index is 1.55. The minimum absolute atomic E-state index is 0.190. The molecule has 0 saturated heterocycles. The van der Waals surface area contributed by atoms with Crippen LogP contribution in [0, 0.1) is 13.8 Å². The Morgan fingerprint density at radius 2 is 1.66 bits per heavy atom. The molecule has 7 nitrogen and oxygen atoms in total. The molecule has 0 unspecified atom stereocenters. The lowest BCUT2D eigenvalue weighted by atomic mass is 10.1. The largest absolute Gasteiger partial charge is 0.454 e. The average Bonchev–Trinajstić information content (AvgIpc) is 3.60. The Morgan fingerprint density at radius 3 is 2.45 bits per heavy atom. The molecule has 0 fully saturated rings. The van der Waals surface area contributed by atoms with Gasteiger partial charge in [-0.3, -0.25) is 9.48 Å². The van der Waals surface area contributed by atoms with Gasteiger partial charge in [0.1, 0.15) is 11.3 Å². The lowest BCUT2D eigenvalue weighted by Gasteiger charge is -2.07. The minimum atomic E-state index is -0.190. The van der Waals surface area contributed by atoms with E-state index in [1.54, 1.807) is 9.36 Å². The van der Waals surface area contributed by atoms with E-state index in [9.17, 15) is 4.79 Å². The van der Waals surface area contributed by atoms with Crippen molar-refractivity contribution < 1.29 is 4.42 Å². The fourth-order valence-corrected chi connectivity index (χ4v) is 5.22. The predicted molar refractivity (Wildman–Crippen MR) is 153 cm³/mol. The van der Waals surface area contributed by atoms with Crippen LogP contribution in [0.5, 0.6) is 0 Å². The zero-order valence-corrected chi connectivity index (χ0v) is 22.0. The molecule has 0 amide bonds. The van der Waals surface area contributed by atoms with Gasteiger partial charge in [0.2, 0.25) is 4.80 Å². The molecule has 8 heteroatoms. The van der Waals surface area contributed by atoms with Crippen LogP contribution in [-0.4, -0.2) is 20.3 Å². The Hall–Kier alpha value is -4.69. The molecule has 0 atom stereocenters. The molecule has 0 bridgehead atoms. The van der Waals surface area contributed by atoms with Gasteiger partial charge in [0.25, 0.3) is 5.56 Å². The average molecular weight is 520 g/mol. The number of fused-ring (bicyclic) bond motifs is 1. The first-order valence-corrected chi connectivity index (χ1v) is 13.1. The van der Waals surface area contributed by atoms with Gasteiger partial charge in [0.05, 0.1) is 17.6 Å². The summed E-state index contributed by atoms with van der Waals surface area (Å²) in [5.41, 5.74) is 5.38. The highest BCUT2D eigenvalue weighted by Gasteiger charge is 2.18. The van der Waals surface area contributed by atoms with Crippen molar-refractivity contribution in [3.05, 3.63) is 122 Å². The molecule has 0 saturated carbocycles. The number of para-hydroxylation sites is 2. The molecule has 3 aromatic carbocycles. The van der Waals surface area contributed by atoms with Gasteiger partial charge in [0.15, 0.2) is 11.4 Å². The Labute approximate surface area is 222 Å². The number of nitrogens with zero attached hydrogens (tertiary/aromatic N) is 5. The minimum Gasteiger partial charge on any atom is -0.454 e. The van der Waals surface area contributed by atoms with E-state index in [-0.39, 0.29) is 5.56 Å². The Bertz CT molecular complexity index is 1900. The van der Waals surface area contributed by atoms with Crippen molar-refractivity contribution >= 4 is 34.2 Å². The van der Waals surface area contributed by atoms with Crippen molar-refractivity contribution in [1.29, 1.82) is 0 Å². The number of rotatable bonds is 5. The molecule has 188 valence electrons. The summed E-state index contributed by atoms with van der Waals surface area (Å²) in [6, 6.07) is 27.5. The summed E-state index contributed by atoms with van der Waals surface area (Å²) in [5.74, 6) is 0.678. The van der Waals surface area contributed by atoms with Crippen molar-refractivity contribution in [3.8, 4) is 17.1 Å². The maximum absolute atomic E-state index is 13.5. The monoisotopic (exact) mass is 519 g/mol. The van der Waals surface area contributed by atoms with Crippen molar-refractivity contribution in [2.24, 2.45) is 17.1 Å². The summed E-state index contributed by atoms with van der Waals surface area (Å²) in [7, 11) is 1.86. The van der Waals surface area contributed by atoms with Crippen molar-refractivity contribution in [2.45, 2.75) is 13.8 Å². The van der Waals surface area contributed by atoms with E-state index in [2.05, 4.69) is 0 Å². The molecule has 6 rings (SSSR count). The van der Waals surface area contributed by atoms with Gasteiger partial charge in [0, 0.05) is 17.8 Å². The second-order valence-electron chi connectivity index (χ2n) is 8.99. The lowest BCUT2D eigenvalue weighted by molar-refractivity contribution is 0.622. The van der Waals surface area contributed by atoms with Gasteiger partial charge < -0.3 is 4.42 Å². The van der Waals surface area contributed by atoms with Gasteiger partial charge in [-0.05, 0) is 49.2 Å². The summed E-state index contributed by atoms with van der Waals surface area (Å²) in [5, 5.41) is 7.78. The van der Waals surface area contributed by atoms with Crippen LogP contribution in [0.2, 0.25) is 0 Å². The molecule has 3 heterocycles. The molecule has 0 aliphatic rings. The second-order valence-corrected chi connectivity index (χ2v) is 9.82. The number of thiazole rings is 1. The first kappa shape index (κ1) is 23.7. The van der Waals surface area contributed by atoms with Crippen LogP contribution in [0.4, 0.5) is 5.69 Å². The number of hydrogen-bond acceptors (Lipinski definition) is 5. The Kier molecular flexibility index (Phi) is 6.01. The van der Waals surface area contributed by atoms with E-state index in [0.29, 0.717) is 16.2 Å². The van der Waals surface area contributed by atoms with Crippen molar-refractivity contribution in [2.75, 3.05) is 0 Å². The molecule has 3 aromatic heterocycles. The van der Waals surface area contributed by atoms with Crippen LogP contribution in [0.15, 0.2) is 110 Å². The maximum Gasteiger partial charge on any atom is 0.297 e. The van der Waals surface area contributed by atoms with Crippen molar-refractivity contribution in [3.63, 3.8) is 0 Å². The van der Waals surface area contributed by atoms with E-state index in [4.69, 9.17) is 14.5 Å². The van der Waals surface area contributed by atoms with Crippen LogP contribution in [0.3, 0.4) is 0 Å². The zero-order valence-electron chi connectivity index (χ0n) is 21.2. The number of benzene rings is 3. The maximum atomic E-state index is 13.5. The standard InChI is InChI=1S/C30H25N5O2S/c1-20-11-7-8-13-23(20)18-31-34-25(27-17-22-12-9-10-16-26(22)37-27)19-38-30(34)32-28-21(2)33(3)35(29(28)36)24-14-5-4-6-15-24/h4-19H,1-3H3. The molecule has 0 aliphatic heterocycles. The van der Waals surface area contributed by atoms with Gasteiger partial charge in [-0.15, -0.1) is 11.3 Å². The number of aryl methyl sites for hydroxylation is 1. The predicted octanol–water partition coefficient (Wildman–Crippen LogP) is 6.18. The fourth-order valence-electron chi connectivity index (χ4n) is 4.40. The van der Waals surface area contributed by atoms with E-state index in [1.807, 2.05) is 122 Å². The van der Waals surface area contributed by atoms with Crippen LogP contribution in [-0.2, 0) is 7.05 Å². The molecular formula is C30H25N5O2S. The van der Waals surface area contributed by atoms with Crippen molar-refractivity contribution in [1.82, 2.24) is 14.0 Å². The van der Waals surface area contributed by atoms with Crippen LogP contribution in [0.25, 0.3) is 28.1 Å². The molecule has 0 N–H and O–H groups in total. The third kappa shape index (κ3) is 4.14. The molecule has 0 aliphatic carbocycles. The number of aromatic nitrogens is 3. The van der Waals surface area contributed by atoms with Gasteiger partial charge in [-0.2, -0.15) is 5.10 Å². The summed E-state index contributed by atoms with van der Waals surface area (Å²) >= 11 is 1.41.